The number of benzene rings is 3. The van der Waals surface area contributed by atoms with E-state index in [-0.39, 0.29) is 20.1 Å². The first-order valence-corrected chi connectivity index (χ1v) is 5.14. The molecular weight excluding hydrogens is 372 g/mol. The second kappa shape index (κ2) is 4.37. The molecule has 0 nitrogen and oxygen atoms in total. The molecule has 0 spiro atoms. The molecular formula is C15H11Ir-. The zero-order valence-corrected chi connectivity index (χ0v) is 11.3. The van der Waals surface area contributed by atoms with Crippen molar-refractivity contribution in [3.8, 4) is 0 Å². The van der Waals surface area contributed by atoms with Gasteiger partial charge in [-0.25, -0.2) is 0 Å². The third kappa shape index (κ3) is 1.77. The van der Waals surface area contributed by atoms with Gasteiger partial charge in [-0.15, -0.1) is 16.8 Å². The summed E-state index contributed by atoms with van der Waals surface area (Å²) >= 11 is 0. The molecule has 0 saturated carbocycles. The van der Waals surface area contributed by atoms with Crippen LogP contribution in [0.1, 0.15) is 5.56 Å². The van der Waals surface area contributed by atoms with Gasteiger partial charge in [-0.1, -0.05) is 37.3 Å². The quantitative estimate of drug-likeness (QED) is 0.405. The van der Waals surface area contributed by atoms with E-state index in [9.17, 15) is 0 Å². The maximum absolute atomic E-state index is 3.24. The van der Waals surface area contributed by atoms with Crippen LogP contribution in [0.15, 0.2) is 48.5 Å². The number of rotatable bonds is 0. The molecule has 1 radical (unpaired) electrons. The molecule has 81 valence electrons. The molecule has 0 fully saturated rings. The van der Waals surface area contributed by atoms with Gasteiger partial charge in [0.1, 0.15) is 0 Å². The van der Waals surface area contributed by atoms with Crippen molar-refractivity contribution in [2.24, 2.45) is 0 Å². The fraction of sp³-hybridized carbons (Fsp3) is 0.0667. The van der Waals surface area contributed by atoms with E-state index in [1.54, 1.807) is 0 Å². The first-order valence-electron chi connectivity index (χ1n) is 5.14. The molecule has 1 heteroatoms. The second-order valence-corrected chi connectivity index (χ2v) is 3.89. The van der Waals surface area contributed by atoms with Crippen molar-refractivity contribution in [1.82, 2.24) is 0 Å². The molecule has 0 saturated heterocycles. The predicted octanol–water partition coefficient (Wildman–Crippen LogP) is 4.10. The zero-order chi connectivity index (χ0) is 10.3. The molecule has 0 aliphatic carbocycles. The Hall–Kier alpha value is -1.17. The Bertz CT molecular complexity index is 641. The Labute approximate surface area is 109 Å². The SMILES string of the molecule is Cc1[c-]ccc2cc3ccccc3cc12.[Ir]. The minimum atomic E-state index is 0. The fourth-order valence-corrected chi connectivity index (χ4v) is 2.05. The number of hydrogen-bond donors (Lipinski definition) is 0. The average molecular weight is 383 g/mol. The zero-order valence-electron chi connectivity index (χ0n) is 8.95. The predicted molar refractivity (Wildman–Crippen MR) is 65.0 cm³/mol. The molecule has 16 heavy (non-hydrogen) atoms. The van der Waals surface area contributed by atoms with E-state index in [0.29, 0.717) is 0 Å². The maximum atomic E-state index is 3.24. The summed E-state index contributed by atoms with van der Waals surface area (Å²) < 4.78 is 0. The van der Waals surface area contributed by atoms with E-state index in [2.05, 4.69) is 55.5 Å². The van der Waals surface area contributed by atoms with E-state index < -0.39 is 0 Å². The first kappa shape index (κ1) is 11.3. The van der Waals surface area contributed by atoms with Gasteiger partial charge in [0, 0.05) is 20.1 Å². The van der Waals surface area contributed by atoms with E-state index in [4.69, 9.17) is 0 Å². The number of hydrogen-bond acceptors (Lipinski definition) is 0. The van der Waals surface area contributed by atoms with Crippen LogP contribution < -0.4 is 0 Å². The van der Waals surface area contributed by atoms with Crippen LogP contribution in [-0.2, 0) is 20.1 Å². The van der Waals surface area contributed by atoms with Gasteiger partial charge in [-0.2, -0.15) is 23.8 Å². The van der Waals surface area contributed by atoms with Gasteiger partial charge in [0.15, 0.2) is 0 Å². The molecule has 0 aliphatic rings. The van der Waals surface area contributed by atoms with Crippen molar-refractivity contribution < 1.29 is 20.1 Å². The van der Waals surface area contributed by atoms with Crippen LogP contribution in [0.5, 0.6) is 0 Å². The van der Waals surface area contributed by atoms with Gasteiger partial charge in [-0.05, 0) is 10.8 Å². The second-order valence-electron chi connectivity index (χ2n) is 3.89. The topological polar surface area (TPSA) is 0 Å². The standard InChI is InChI=1S/C15H11.Ir/c1-11-5-4-8-14-9-12-6-2-3-7-13(12)10-15(11)14;/h2-4,6-10H,1H3;/q-1;. The summed E-state index contributed by atoms with van der Waals surface area (Å²) in [6.07, 6.45) is 0. The maximum Gasteiger partial charge on any atom is 0 e. The third-order valence-electron chi connectivity index (χ3n) is 2.88. The van der Waals surface area contributed by atoms with Crippen LogP contribution in [0.3, 0.4) is 0 Å². The molecule has 0 heterocycles. The van der Waals surface area contributed by atoms with Gasteiger partial charge >= 0.3 is 0 Å². The molecule has 0 atom stereocenters. The molecule has 0 aromatic heterocycles. The van der Waals surface area contributed by atoms with Gasteiger partial charge < -0.3 is 0 Å². The van der Waals surface area contributed by atoms with Gasteiger partial charge in [0.05, 0.1) is 0 Å². The van der Waals surface area contributed by atoms with Gasteiger partial charge in [0.2, 0.25) is 0 Å². The molecule has 0 amide bonds. The Morgan fingerprint density at radius 2 is 1.56 bits per heavy atom. The number of fused-ring (bicyclic) bond motifs is 2. The van der Waals surface area contributed by atoms with Crippen LogP contribution in [0, 0.1) is 13.0 Å². The van der Waals surface area contributed by atoms with Gasteiger partial charge in [-0.3, -0.25) is 0 Å². The average Bonchev–Trinajstić information content (AvgIpc) is 2.27. The molecule has 3 aromatic carbocycles. The van der Waals surface area contributed by atoms with E-state index in [1.165, 1.54) is 27.1 Å². The fourth-order valence-electron chi connectivity index (χ4n) is 2.05. The Balaban J connectivity index is 0.000000963. The Morgan fingerprint density at radius 3 is 2.31 bits per heavy atom. The molecule has 0 aliphatic heterocycles. The molecule has 0 bridgehead atoms. The summed E-state index contributed by atoms with van der Waals surface area (Å²) in [5.41, 5.74) is 1.22. The molecule has 0 N–H and O–H groups in total. The normalized spacial score (nSPS) is 10.3. The minimum absolute atomic E-state index is 0. The monoisotopic (exact) mass is 384 g/mol. The van der Waals surface area contributed by atoms with Crippen molar-refractivity contribution >= 4 is 21.5 Å². The van der Waals surface area contributed by atoms with Crippen molar-refractivity contribution in [2.75, 3.05) is 0 Å². The molecule has 3 rings (SSSR count). The van der Waals surface area contributed by atoms with E-state index >= 15 is 0 Å². The van der Waals surface area contributed by atoms with Crippen LogP contribution in [0.4, 0.5) is 0 Å². The smallest absolute Gasteiger partial charge is 0 e. The van der Waals surface area contributed by atoms with E-state index in [0.717, 1.165) is 0 Å². The third-order valence-corrected chi connectivity index (χ3v) is 2.88. The number of aryl methyl sites for hydroxylation is 1. The van der Waals surface area contributed by atoms with Crippen molar-refractivity contribution in [2.45, 2.75) is 6.92 Å². The van der Waals surface area contributed by atoms with Crippen LogP contribution in [-0.4, -0.2) is 0 Å². The summed E-state index contributed by atoms with van der Waals surface area (Å²) in [6.45, 7) is 2.11. The molecule has 3 aromatic rings. The largest absolute Gasteiger partial charge is 0.180 e. The van der Waals surface area contributed by atoms with Crippen molar-refractivity contribution in [3.63, 3.8) is 0 Å². The van der Waals surface area contributed by atoms with Gasteiger partial charge in [0.25, 0.3) is 0 Å². The van der Waals surface area contributed by atoms with Crippen molar-refractivity contribution in [1.29, 1.82) is 0 Å². The van der Waals surface area contributed by atoms with Crippen LogP contribution in [0.2, 0.25) is 0 Å². The Morgan fingerprint density at radius 1 is 0.875 bits per heavy atom. The minimum Gasteiger partial charge on any atom is -0.180 e. The summed E-state index contributed by atoms with van der Waals surface area (Å²) in [7, 11) is 0. The summed E-state index contributed by atoms with van der Waals surface area (Å²) in [5.74, 6) is 0. The Kier molecular flexibility index (Phi) is 3.09. The summed E-state index contributed by atoms with van der Waals surface area (Å²) in [6, 6.07) is 20.3. The molecule has 0 unspecified atom stereocenters. The van der Waals surface area contributed by atoms with E-state index in [1.807, 2.05) is 6.07 Å². The summed E-state index contributed by atoms with van der Waals surface area (Å²) in [4.78, 5) is 0. The first-order chi connectivity index (χ1) is 7.34. The van der Waals surface area contributed by atoms with Crippen LogP contribution in [0.25, 0.3) is 21.5 Å². The van der Waals surface area contributed by atoms with Crippen LogP contribution >= 0.6 is 0 Å². The summed E-state index contributed by atoms with van der Waals surface area (Å²) in [5, 5.41) is 5.20. The van der Waals surface area contributed by atoms with Crippen molar-refractivity contribution in [3.05, 3.63) is 60.2 Å².